The molecule has 0 atom stereocenters. The molecule has 0 aliphatic heterocycles. The molecule has 0 aliphatic rings. The molecular formula is C14H20N6. The maximum atomic E-state index is 6.08. The molecular weight excluding hydrogens is 252 g/mol. The first kappa shape index (κ1) is 14.0. The quantitative estimate of drug-likeness (QED) is 0.749. The van der Waals surface area contributed by atoms with Crippen molar-refractivity contribution in [3.8, 4) is 0 Å². The molecule has 2 heterocycles. The monoisotopic (exact) mass is 272 g/mol. The van der Waals surface area contributed by atoms with Crippen molar-refractivity contribution in [1.82, 2.24) is 15.0 Å². The van der Waals surface area contributed by atoms with E-state index in [0.717, 1.165) is 18.7 Å². The van der Waals surface area contributed by atoms with Gasteiger partial charge in [0.1, 0.15) is 12.0 Å². The fraction of sp³-hybridized carbons (Fsp3) is 0.357. The molecule has 2 rings (SSSR count). The molecule has 0 saturated carbocycles. The Morgan fingerprint density at radius 2 is 1.85 bits per heavy atom. The van der Waals surface area contributed by atoms with Crippen LogP contribution in [0.25, 0.3) is 0 Å². The lowest BCUT2D eigenvalue weighted by molar-refractivity contribution is 0.606. The summed E-state index contributed by atoms with van der Waals surface area (Å²) in [5.74, 6) is 1.90. The number of anilines is 4. The topological polar surface area (TPSA) is 88.8 Å². The summed E-state index contributed by atoms with van der Waals surface area (Å²) >= 11 is 0. The normalized spacial score (nSPS) is 10.6. The van der Waals surface area contributed by atoms with E-state index in [1.807, 2.05) is 12.1 Å². The Hall–Kier alpha value is -2.37. The highest BCUT2D eigenvalue weighted by atomic mass is 15.1. The van der Waals surface area contributed by atoms with E-state index in [-0.39, 0.29) is 0 Å². The smallest absolute Gasteiger partial charge is 0.159 e. The van der Waals surface area contributed by atoms with Crippen LogP contribution in [0.3, 0.4) is 0 Å². The fourth-order valence-corrected chi connectivity index (χ4v) is 1.69. The lowest BCUT2D eigenvalue weighted by atomic mass is 10.1. The second-order valence-corrected chi connectivity index (χ2v) is 4.95. The van der Waals surface area contributed by atoms with E-state index in [0.29, 0.717) is 23.2 Å². The summed E-state index contributed by atoms with van der Waals surface area (Å²) in [5.41, 5.74) is 7.49. The Kier molecular flexibility index (Phi) is 4.70. The van der Waals surface area contributed by atoms with Crippen molar-refractivity contribution < 1.29 is 0 Å². The van der Waals surface area contributed by atoms with Crippen molar-refractivity contribution in [2.24, 2.45) is 5.92 Å². The van der Waals surface area contributed by atoms with Crippen molar-refractivity contribution in [2.45, 2.75) is 20.3 Å². The maximum Gasteiger partial charge on any atom is 0.159 e. The van der Waals surface area contributed by atoms with Crippen LogP contribution in [0.1, 0.15) is 20.3 Å². The van der Waals surface area contributed by atoms with E-state index in [1.54, 1.807) is 12.4 Å². The van der Waals surface area contributed by atoms with E-state index < -0.39 is 0 Å². The first-order valence-electron chi connectivity index (χ1n) is 6.68. The van der Waals surface area contributed by atoms with Gasteiger partial charge in [0, 0.05) is 24.6 Å². The van der Waals surface area contributed by atoms with Crippen molar-refractivity contribution >= 4 is 23.0 Å². The van der Waals surface area contributed by atoms with Crippen molar-refractivity contribution in [2.75, 3.05) is 22.9 Å². The molecule has 0 bridgehead atoms. The molecule has 0 spiro atoms. The summed E-state index contributed by atoms with van der Waals surface area (Å²) in [6.45, 7) is 5.20. The molecule has 0 radical (unpaired) electrons. The first-order valence-corrected chi connectivity index (χ1v) is 6.68. The summed E-state index contributed by atoms with van der Waals surface area (Å²) < 4.78 is 0. The summed E-state index contributed by atoms with van der Waals surface area (Å²) in [5, 5.41) is 6.40. The van der Waals surface area contributed by atoms with Crippen molar-refractivity contribution in [3.63, 3.8) is 0 Å². The lowest BCUT2D eigenvalue weighted by Crippen LogP contribution is -2.10. The van der Waals surface area contributed by atoms with Gasteiger partial charge in [-0.3, -0.25) is 4.98 Å². The SMILES string of the molecule is CC(C)CCNc1ncnc(Nc2ccncc2)c1N. The number of hydrogen-bond acceptors (Lipinski definition) is 6. The zero-order valence-corrected chi connectivity index (χ0v) is 11.8. The number of rotatable bonds is 6. The Morgan fingerprint density at radius 1 is 1.15 bits per heavy atom. The molecule has 0 fully saturated rings. The maximum absolute atomic E-state index is 6.08. The van der Waals surface area contributed by atoms with Gasteiger partial charge in [-0.1, -0.05) is 13.8 Å². The van der Waals surface area contributed by atoms with Gasteiger partial charge in [-0.05, 0) is 24.5 Å². The highest BCUT2D eigenvalue weighted by molar-refractivity contribution is 5.77. The number of nitrogen functional groups attached to an aromatic ring is 1. The lowest BCUT2D eigenvalue weighted by Gasteiger charge is -2.13. The molecule has 0 saturated heterocycles. The van der Waals surface area contributed by atoms with Crippen molar-refractivity contribution in [3.05, 3.63) is 30.9 Å². The number of nitrogens with two attached hydrogens (primary N) is 1. The van der Waals surface area contributed by atoms with Crippen LogP contribution in [-0.4, -0.2) is 21.5 Å². The third kappa shape index (κ3) is 3.81. The number of nitrogens with one attached hydrogen (secondary N) is 2. The van der Waals surface area contributed by atoms with Gasteiger partial charge in [-0.25, -0.2) is 9.97 Å². The average Bonchev–Trinajstić information content (AvgIpc) is 2.44. The zero-order chi connectivity index (χ0) is 14.4. The van der Waals surface area contributed by atoms with Gasteiger partial charge in [-0.2, -0.15) is 0 Å². The molecule has 20 heavy (non-hydrogen) atoms. The summed E-state index contributed by atoms with van der Waals surface area (Å²) in [4.78, 5) is 12.3. The summed E-state index contributed by atoms with van der Waals surface area (Å²) in [6, 6.07) is 3.71. The van der Waals surface area contributed by atoms with E-state index in [1.165, 1.54) is 6.33 Å². The van der Waals surface area contributed by atoms with Gasteiger partial charge in [-0.15, -0.1) is 0 Å². The molecule has 2 aromatic heterocycles. The van der Waals surface area contributed by atoms with Gasteiger partial charge < -0.3 is 16.4 Å². The zero-order valence-electron chi connectivity index (χ0n) is 11.8. The predicted octanol–water partition coefficient (Wildman–Crippen LogP) is 2.66. The van der Waals surface area contributed by atoms with Crippen LogP contribution in [-0.2, 0) is 0 Å². The largest absolute Gasteiger partial charge is 0.393 e. The van der Waals surface area contributed by atoms with Crippen LogP contribution < -0.4 is 16.4 Å². The van der Waals surface area contributed by atoms with E-state index in [4.69, 9.17) is 5.73 Å². The summed E-state index contributed by atoms with van der Waals surface area (Å²) in [7, 11) is 0. The Balaban J connectivity index is 2.07. The molecule has 0 unspecified atom stereocenters. The minimum atomic E-state index is 0.521. The highest BCUT2D eigenvalue weighted by Crippen LogP contribution is 2.25. The van der Waals surface area contributed by atoms with Crippen LogP contribution in [0.2, 0.25) is 0 Å². The first-order chi connectivity index (χ1) is 9.66. The number of pyridine rings is 1. The molecule has 0 aliphatic carbocycles. The molecule has 2 aromatic rings. The molecule has 0 aromatic carbocycles. The molecule has 6 nitrogen and oxygen atoms in total. The second-order valence-electron chi connectivity index (χ2n) is 4.95. The van der Waals surface area contributed by atoms with Gasteiger partial charge in [0.2, 0.25) is 0 Å². The average molecular weight is 272 g/mol. The molecule has 4 N–H and O–H groups in total. The highest BCUT2D eigenvalue weighted by Gasteiger charge is 2.08. The van der Waals surface area contributed by atoms with Crippen LogP contribution >= 0.6 is 0 Å². The third-order valence-electron chi connectivity index (χ3n) is 2.84. The Labute approximate surface area is 118 Å². The van der Waals surface area contributed by atoms with E-state index in [9.17, 15) is 0 Å². The number of nitrogens with zero attached hydrogens (tertiary/aromatic N) is 3. The summed E-state index contributed by atoms with van der Waals surface area (Å²) in [6.07, 6.45) is 5.98. The van der Waals surface area contributed by atoms with Crippen LogP contribution in [0, 0.1) is 5.92 Å². The molecule has 0 amide bonds. The standard InChI is InChI=1S/C14H20N6/c1-10(2)3-8-17-13-12(15)14(19-9-18-13)20-11-4-6-16-7-5-11/h4-7,9-10H,3,8,15H2,1-2H3,(H2,16,17,18,19,20). The van der Waals surface area contributed by atoms with Gasteiger partial charge in [0.05, 0.1) is 0 Å². The Morgan fingerprint density at radius 3 is 2.55 bits per heavy atom. The number of aromatic nitrogens is 3. The van der Waals surface area contributed by atoms with Gasteiger partial charge in [0.25, 0.3) is 0 Å². The van der Waals surface area contributed by atoms with E-state index >= 15 is 0 Å². The van der Waals surface area contributed by atoms with Gasteiger partial charge in [0.15, 0.2) is 11.6 Å². The minimum Gasteiger partial charge on any atom is -0.393 e. The second kappa shape index (κ2) is 6.70. The van der Waals surface area contributed by atoms with Crippen LogP contribution in [0.5, 0.6) is 0 Å². The Bertz CT molecular complexity index is 541. The van der Waals surface area contributed by atoms with E-state index in [2.05, 4.69) is 39.4 Å². The number of hydrogen-bond donors (Lipinski definition) is 3. The fourth-order valence-electron chi connectivity index (χ4n) is 1.69. The van der Waals surface area contributed by atoms with Crippen LogP contribution in [0.4, 0.5) is 23.0 Å². The predicted molar refractivity (Wildman–Crippen MR) is 81.9 cm³/mol. The molecule has 6 heteroatoms. The van der Waals surface area contributed by atoms with Crippen LogP contribution in [0.15, 0.2) is 30.9 Å². The van der Waals surface area contributed by atoms with Crippen molar-refractivity contribution in [1.29, 1.82) is 0 Å². The van der Waals surface area contributed by atoms with Gasteiger partial charge >= 0.3 is 0 Å². The minimum absolute atomic E-state index is 0.521. The third-order valence-corrected chi connectivity index (χ3v) is 2.84. The molecule has 106 valence electrons.